The van der Waals surface area contributed by atoms with Crippen molar-refractivity contribution < 1.29 is 17.8 Å². The minimum absolute atomic E-state index is 0.0326. The fourth-order valence-electron chi connectivity index (χ4n) is 3.34. The lowest BCUT2D eigenvalue weighted by Gasteiger charge is -2.36. The Bertz CT molecular complexity index is 923. The maximum atomic E-state index is 13.0. The molecule has 0 radical (unpaired) electrons. The summed E-state index contributed by atoms with van der Waals surface area (Å²) in [7, 11) is -3.49. The molecule has 4 rings (SSSR count). The molecule has 1 aromatic carbocycles. The largest absolute Gasteiger partial charge is 0.379 e. The van der Waals surface area contributed by atoms with E-state index in [1.165, 1.54) is 4.31 Å². The van der Waals surface area contributed by atoms with E-state index in [4.69, 9.17) is 4.74 Å². The van der Waals surface area contributed by atoms with Gasteiger partial charge in [-0.1, -0.05) is 23.3 Å². The Hall–Kier alpha value is -2.03. The monoisotopic (exact) mass is 361 g/mol. The molecular weight excluding hydrogens is 340 g/mol. The van der Waals surface area contributed by atoms with Crippen molar-refractivity contribution in [2.45, 2.75) is 13.1 Å². The SMILES string of the molecule is CCS(=O)(=O)N1c2c3ccccc3cc[n+]2N=CC1N1CCOCC1. The summed E-state index contributed by atoms with van der Waals surface area (Å²) in [5.74, 6) is 0.629. The Morgan fingerprint density at radius 1 is 1.24 bits per heavy atom. The van der Waals surface area contributed by atoms with Crippen molar-refractivity contribution in [3.05, 3.63) is 36.5 Å². The van der Waals surface area contributed by atoms with Crippen molar-refractivity contribution in [2.75, 3.05) is 36.4 Å². The number of aromatic nitrogens is 1. The number of sulfonamides is 1. The van der Waals surface area contributed by atoms with Crippen LogP contribution in [0.25, 0.3) is 10.8 Å². The number of morpholine rings is 1. The smallest absolute Gasteiger partial charge is 0.327 e. The van der Waals surface area contributed by atoms with E-state index in [1.54, 1.807) is 17.8 Å². The van der Waals surface area contributed by atoms with Crippen LogP contribution in [0.3, 0.4) is 0 Å². The minimum Gasteiger partial charge on any atom is -0.379 e. The van der Waals surface area contributed by atoms with Crippen LogP contribution < -0.4 is 8.98 Å². The summed E-state index contributed by atoms with van der Waals surface area (Å²) in [4.78, 5) is 2.10. The number of anilines is 1. The lowest BCUT2D eigenvalue weighted by Crippen LogP contribution is -2.61. The first-order valence-corrected chi connectivity index (χ1v) is 10.0. The second-order valence-electron chi connectivity index (χ2n) is 6.09. The van der Waals surface area contributed by atoms with Gasteiger partial charge in [-0.3, -0.25) is 4.90 Å². The van der Waals surface area contributed by atoms with Gasteiger partial charge >= 0.3 is 15.8 Å². The van der Waals surface area contributed by atoms with Crippen molar-refractivity contribution >= 4 is 32.8 Å². The third-order valence-corrected chi connectivity index (χ3v) is 6.39. The summed E-state index contributed by atoms with van der Waals surface area (Å²) in [5, 5.41) is 6.36. The van der Waals surface area contributed by atoms with Crippen molar-refractivity contribution in [3.63, 3.8) is 0 Å². The molecule has 1 aromatic heterocycles. The number of hydrogen-bond donors (Lipinski definition) is 0. The van der Waals surface area contributed by atoms with Crippen LogP contribution in [0.15, 0.2) is 41.6 Å². The number of nitrogens with zero attached hydrogens (tertiary/aromatic N) is 4. The predicted molar refractivity (Wildman–Crippen MR) is 96.2 cm³/mol. The average Bonchev–Trinajstić information content (AvgIpc) is 2.67. The van der Waals surface area contributed by atoms with Gasteiger partial charge in [0.15, 0.2) is 0 Å². The molecule has 132 valence electrons. The van der Waals surface area contributed by atoms with Crippen molar-refractivity contribution in [1.29, 1.82) is 0 Å². The van der Waals surface area contributed by atoms with Gasteiger partial charge in [-0.15, -0.1) is 8.98 Å². The second kappa shape index (κ2) is 6.36. The molecule has 1 fully saturated rings. The van der Waals surface area contributed by atoms with E-state index >= 15 is 0 Å². The van der Waals surface area contributed by atoms with E-state index in [-0.39, 0.29) is 5.75 Å². The van der Waals surface area contributed by atoms with Gasteiger partial charge in [0.1, 0.15) is 12.4 Å². The average molecular weight is 361 g/mol. The zero-order valence-corrected chi connectivity index (χ0v) is 14.9. The van der Waals surface area contributed by atoms with Crippen LogP contribution in [-0.4, -0.2) is 57.8 Å². The highest BCUT2D eigenvalue weighted by Crippen LogP contribution is 2.29. The van der Waals surface area contributed by atoms with Crippen molar-refractivity contribution in [3.8, 4) is 0 Å². The lowest BCUT2D eigenvalue weighted by atomic mass is 10.1. The van der Waals surface area contributed by atoms with Crippen LogP contribution in [0.2, 0.25) is 0 Å². The highest BCUT2D eigenvalue weighted by Gasteiger charge is 2.45. The fraction of sp³-hybridized carbons (Fsp3) is 0.412. The van der Waals surface area contributed by atoms with E-state index in [0.717, 1.165) is 10.8 Å². The van der Waals surface area contributed by atoms with E-state index in [1.807, 2.05) is 36.5 Å². The zero-order chi connectivity index (χ0) is 17.4. The summed E-state index contributed by atoms with van der Waals surface area (Å²) in [5.41, 5.74) is 0. The third-order valence-electron chi connectivity index (χ3n) is 4.67. The normalized spacial score (nSPS) is 21.5. The van der Waals surface area contributed by atoms with Crippen LogP contribution in [0.4, 0.5) is 5.82 Å². The number of pyridine rings is 1. The van der Waals surface area contributed by atoms with Gasteiger partial charge in [0.2, 0.25) is 6.17 Å². The quantitative estimate of drug-likeness (QED) is 0.758. The minimum atomic E-state index is -3.49. The number of fused-ring (bicyclic) bond motifs is 3. The van der Waals surface area contributed by atoms with E-state index < -0.39 is 16.2 Å². The van der Waals surface area contributed by atoms with Crippen LogP contribution in [-0.2, 0) is 14.8 Å². The summed E-state index contributed by atoms with van der Waals surface area (Å²) in [6.45, 7) is 4.22. The molecule has 1 atom stereocenters. The van der Waals surface area contributed by atoms with Crippen molar-refractivity contribution in [2.24, 2.45) is 5.10 Å². The Morgan fingerprint density at radius 2 is 2.00 bits per heavy atom. The Balaban J connectivity index is 1.92. The molecule has 25 heavy (non-hydrogen) atoms. The Morgan fingerprint density at radius 3 is 2.76 bits per heavy atom. The molecule has 2 aliphatic heterocycles. The standard InChI is InChI=1S/C17H21N4O3S/c1-2-25(22,23)21-16(19-9-11-24-12-10-19)13-18-20-8-7-14-5-3-4-6-15(14)17(20)21/h3-8,13,16H,2,9-12H2,1H3/q+1. The van der Waals surface area contributed by atoms with E-state index in [0.29, 0.717) is 32.1 Å². The number of hydrogen-bond acceptors (Lipinski definition) is 5. The Labute approximate surface area is 147 Å². The second-order valence-corrected chi connectivity index (χ2v) is 8.23. The zero-order valence-electron chi connectivity index (χ0n) is 14.1. The summed E-state index contributed by atoms with van der Waals surface area (Å²) in [6.07, 6.45) is 3.09. The molecule has 3 heterocycles. The summed E-state index contributed by atoms with van der Waals surface area (Å²) < 4.78 is 34.6. The number of rotatable bonds is 3. The molecular formula is C17H21N4O3S+. The third kappa shape index (κ3) is 2.80. The van der Waals surface area contributed by atoms with Gasteiger partial charge in [-0.2, -0.15) is 8.42 Å². The molecule has 8 heteroatoms. The summed E-state index contributed by atoms with van der Waals surface area (Å²) >= 11 is 0. The van der Waals surface area contributed by atoms with Gasteiger partial charge in [-0.05, 0) is 24.4 Å². The first-order chi connectivity index (χ1) is 12.1. The molecule has 0 spiro atoms. The molecule has 0 N–H and O–H groups in total. The lowest BCUT2D eigenvalue weighted by molar-refractivity contribution is -0.666. The highest BCUT2D eigenvalue weighted by atomic mass is 32.2. The molecule has 0 aliphatic carbocycles. The van der Waals surface area contributed by atoms with Gasteiger partial charge < -0.3 is 4.74 Å². The molecule has 1 saturated heterocycles. The molecule has 0 amide bonds. The number of ether oxygens (including phenoxy) is 1. The molecule has 0 bridgehead atoms. The van der Waals surface area contributed by atoms with E-state index in [9.17, 15) is 8.42 Å². The molecule has 2 aliphatic rings. The highest BCUT2D eigenvalue weighted by molar-refractivity contribution is 7.92. The van der Waals surface area contributed by atoms with Crippen LogP contribution in [0, 0.1) is 0 Å². The van der Waals surface area contributed by atoms with E-state index in [2.05, 4.69) is 10.0 Å². The molecule has 1 unspecified atom stereocenters. The maximum absolute atomic E-state index is 13.0. The van der Waals surface area contributed by atoms with Crippen LogP contribution >= 0.6 is 0 Å². The summed E-state index contributed by atoms with van der Waals surface area (Å²) in [6, 6.07) is 9.74. The van der Waals surface area contributed by atoms with Gasteiger partial charge in [0, 0.05) is 13.1 Å². The van der Waals surface area contributed by atoms with Gasteiger partial charge in [0.25, 0.3) is 0 Å². The molecule has 7 nitrogen and oxygen atoms in total. The molecule has 2 aromatic rings. The van der Waals surface area contributed by atoms with Crippen LogP contribution in [0.1, 0.15) is 6.92 Å². The Kier molecular flexibility index (Phi) is 4.18. The number of benzene rings is 1. The molecule has 0 saturated carbocycles. The fourth-order valence-corrected chi connectivity index (χ4v) is 4.58. The first kappa shape index (κ1) is 16.4. The van der Waals surface area contributed by atoms with Gasteiger partial charge in [-0.25, -0.2) is 0 Å². The first-order valence-electron chi connectivity index (χ1n) is 8.43. The maximum Gasteiger partial charge on any atom is 0.327 e. The topological polar surface area (TPSA) is 66.1 Å². The predicted octanol–water partition coefficient (Wildman–Crippen LogP) is 0.789. The van der Waals surface area contributed by atoms with Crippen molar-refractivity contribution in [1.82, 2.24) is 4.90 Å². The van der Waals surface area contributed by atoms with Crippen LogP contribution in [0.5, 0.6) is 0 Å². The van der Waals surface area contributed by atoms with Gasteiger partial charge in [0.05, 0.1) is 24.4 Å².